The van der Waals surface area contributed by atoms with Gasteiger partial charge in [-0.3, -0.25) is 4.79 Å². The summed E-state index contributed by atoms with van der Waals surface area (Å²) >= 11 is 0. The van der Waals surface area contributed by atoms with Crippen LogP contribution in [0.3, 0.4) is 0 Å². The van der Waals surface area contributed by atoms with Crippen LogP contribution in [0.4, 0.5) is 0 Å². The van der Waals surface area contributed by atoms with Crippen LogP contribution < -0.4 is 5.32 Å². The second kappa shape index (κ2) is 7.43. The number of sulfonamides is 1. The maximum absolute atomic E-state index is 12.9. The summed E-state index contributed by atoms with van der Waals surface area (Å²) in [6.45, 7) is 3.67. The molecule has 1 aromatic carbocycles. The van der Waals surface area contributed by atoms with Gasteiger partial charge in [-0.15, -0.1) is 0 Å². The van der Waals surface area contributed by atoms with Gasteiger partial charge in [0.15, 0.2) is 0 Å². The second-order valence-electron chi connectivity index (χ2n) is 7.09. The molecule has 1 atom stereocenters. The number of hydrogen-bond acceptors (Lipinski definition) is 4. The van der Waals surface area contributed by atoms with Crippen LogP contribution in [-0.2, 0) is 14.8 Å². The minimum absolute atomic E-state index is 0.183. The molecule has 7 heteroatoms. The molecule has 1 saturated carbocycles. The third kappa shape index (κ3) is 4.22. The molecule has 0 aromatic heterocycles. The molecule has 2 fully saturated rings. The minimum Gasteiger partial charge on any atom is -0.353 e. The Morgan fingerprint density at radius 3 is 2.56 bits per heavy atom. The number of nitrogens with zero attached hydrogens (tertiary/aromatic N) is 2. The number of carbonyl (C=O) groups is 1. The van der Waals surface area contributed by atoms with Gasteiger partial charge in [0.05, 0.1) is 4.90 Å². The Kier molecular flexibility index (Phi) is 5.46. The van der Waals surface area contributed by atoms with Crippen molar-refractivity contribution >= 4 is 15.9 Å². The lowest BCUT2D eigenvalue weighted by Gasteiger charge is -2.24. The number of amides is 1. The fraction of sp³-hybridized carbons (Fsp3) is 0.611. The van der Waals surface area contributed by atoms with Crippen molar-refractivity contribution in [2.45, 2.75) is 49.6 Å². The van der Waals surface area contributed by atoms with Crippen molar-refractivity contribution in [2.24, 2.45) is 0 Å². The van der Waals surface area contributed by atoms with E-state index in [-0.39, 0.29) is 10.8 Å². The van der Waals surface area contributed by atoms with Gasteiger partial charge in [-0.2, -0.15) is 4.31 Å². The van der Waals surface area contributed by atoms with Gasteiger partial charge in [-0.1, -0.05) is 17.7 Å². The first-order valence-electron chi connectivity index (χ1n) is 8.96. The lowest BCUT2D eigenvalue weighted by molar-refractivity contribution is -0.124. The second-order valence-corrected chi connectivity index (χ2v) is 8.98. The molecule has 3 rings (SSSR count). The highest BCUT2D eigenvalue weighted by molar-refractivity contribution is 7.89. The average molecular weight is 365 g/mol. The predicted molar refractivity (Wildman–Crippen MR) is 96.8 cm³/mol. The van der Waals surface area contributed by atoms with Crippen LogP contribution in [0.25, 0.3) is 0 Å². The van der Waals surface area contributed by atoms with Gasteiger partial charge < -0.3 is 10.2 Å². The van der Waals surface area contributed by atoms with Crippen molar-refractivity contribution in [1.29, 1.82) is 0 Å². The third-order valence-corrected chi connectivity index (χ3v) is 6.99. The van der Waals surface area contributed by atoms with Crippen molar-refractivity contribution in [3.63, 3.8) is 0 Å². The summed E-state index contributed by atoms with van der Waals surface area (Å²) in [7, 11) is -1.57. The van der Waals surface area contributed by atoms with Crippen molar-refractivity contribution in [3.8, 4) is 0 Å². The molecule has 2 aliphatic rings. The summed E-state index contributed by atoms with van der Waals surface area (Å²) in [5.41, 5.74) is 1.01. The summed E-state index contributed by atoms with van der Waals surface area (Å²) < 4.78 is 27.1. The Balaban J connectivity index is 1.62. The van der Waals surface area contributed by atoms with Crippen molar-refractivity contribution in [2.75, 3.05) is 26.7 Å². The van der Waals surface area contributed by atoms with Crippen LogP contribution in [0, 0.1) is 6.92 Å². The average Bonchev–Trinajstić information content (AvgIpc) is 3.31. The smallest absolute Gasteiger partial charge is 0.243 e. The standard InChI is InChI=1S/C18H27N3O3S/c1-14-5-9-16(10-6-14)25(23,24)21-12-3-4-17(21)18(22)19-11-13-20(2)15-7-8-15/h5-6,9-10,15,17H,3-4,7-8,11-13H2,1-2H3,(H,19,22)/t17-/m0/s1. The maximum atomic E-state index is 12.9. The first-order valence-corrected chi connectivity index (χ1v) is 10.4. The molecule has 0 unspecified atom stereocenters. The van der Waals surface area contributed by atoms with E-state index in [1.54, 1.807) is 24.3 Å². The number of aryl methyl sites for hydroxylation is 1. The number of hydrogen-bond donors (Lipinski definition) is 1. The van der Waals surface area contributed by atoms with E-state index in [2.05, 4.69) is 17.3 Å². The van der Waals surface area contributed by atoms with Crippen molar-refractivity contribution in [1.82, 2.24) is 14.5 Å². The zero-order valence-electron chi connectivity index (χ0n) is 14.9. The summed E-state index contributed by atoms with van der Waals surface area (Å²) in [5.74, 6) is -0.183. The van der Waals surface area contributed by atoms with Crippen LogP contribution in [0.1, 0.15) is 31.2 Å². The van der Waals surface area contributed by atoms with Crippen molar-refractivity contribution in [3.05, 3.63) is 29.8 Å². The third-order valence-electron chi connectivity index (χ3n) is 5.07. The topological polar surface area (TPSA) is 69.7 Å². The highest BCUT2D eigenvalue weighted by Gasteiger charge is 2.39. The Morgan fingerprint density at radius 1 is 1.24 bits per heavy atom. The molecular weight excluding hydrogens is 338 g/mol. The summed E-state index contributed by atoms with van der Waals surface area (Å²) in [6, 6.07) is 6.85. The summed E-state index contributed by atoms with van der Waals surface area (Å²) in [6.07, 6.45) is 3.76. The lowest BCUT2D eigenvalue weighted by Crippen LogP contribution is -2.47. The van der Waals surface area contributed by atoms with E-state index in [0.717, 1.165) is 12.1 Å². The van der Waals surface area contributed by atoms with E-state index in [1.165, 1.54) is 17.1 Å². The summed E-state index contributed by atoms with van der Waals surface area (Å²) in [5, 5.41) is 2.91. The molecule has 6 nitrogen and oxygen atoms in total. The quantitative estimate of drug-likeness (QED) is 0.792. The SMILES string of the molecule is Cc1ccc(S(=O)(=O)N2CCC[C@H]2C(=O)NCCN(C)C2CC2)cc1. The molecule has 1 aliphatic heterocycles. The van der Waals surface area contributed by atoms with Crippen LogP contribution in [0.15, 0.2) is 29.2 Å². The Labute approximate surface area is 150 Å². The minimum atomic E-state index is -3.63. The molecule has 1 heterocycles. The number of nitrogens with one attached hydrogen (secondary N) is 1. The Hall–Kier alpha value is -1.44. The van der Waals surface area contributed by atoms with Crippen LogP contribution in [0.5, 0.6) is 0 Å². The molecule has 138 valence electrons. The van der Waals surface area contributed by atoms with Gasteiger partial charge in [0, 0.05) is 25.7 Å². The van der Waals surface area contributed by atoms with Gasteiger partial charge in [0.25, 0.3) is 0 Å². The zero-order valence-corrected chi connectivity index (χ0v) is 15.8. The normalized spacial score (nSPS) is 21.6. The number of likely N-dealkylation sites (N-methyl/N-ethyl adjacent to an activating group) is 1. The molecule has 0 bridgehead atoms. The van der Waals surface area contributed by atoms with Crippen LogP contribution >= 0.6 is 0 Å². The number of rotatable bonds is 7. The fourth-order valence-corrected chi connectivity index (χ4v) is 4.96. The predicted octanol–water partition coefficient (Wildman–Crippen LogP) is 1.36. The number of benzene rings is 1. The largest absolute Gasteiger partial charge is 0.353 e. The molecule has 1 aliphatic carbocycles. The van der Waals surface area contributed by atoms with Gasteiger partial charge >= 0.3 is 0 Å². The van der Waals surface area contributed by atoms with Crippen molar-refractivity contribution < 1.29 is 13.2 Å². The highest BCUT2D eigenvalue weighted by atomic mass is 32.2. The molecule has 1 aromatic rings. The molecule has 1 N–H and O–H groups in total. The Bertz CT molecular complexity index is 714. The first-order chi connectivity index (χ1) is 11.9. The van der Waals surface area contributed by atoms with Crippen LogP contribution in [-0.4, -0.2) is 62.3 Å². The maximum Gasteiger partial charge on any atom is 0.243 e. The summed E-state index contributed by atoms with van der Waals surface area (Å²) in [4.78, 5) is 15.0. The monoisotopic (exact) mass is 365 g/mol. The molecular formula is C18H27N3O3S. The van der Waals surface area contributed by atoms with E-state index in [9.17, 15) is 13.2 Å². The molecule has 0 radical (unpaired) electrons. The fourth-order valence-electron chi connectivity index (χ4n) is 3.31. The van der Waals surface area contributed by atoms with E-state index in [4.69, 9.17) is 0 Å². The van der Waals surface area contributed by atoms with Gasteiger partial charge in [0.1, 0.15) is 6.04 Å². The van der Waals surface area contributed by atoms with E-state index in [0.29, 0.717) is 32.0 Å². The van der Waals surface area contributed by atoms with E-state index >= 15 is 0 Å². The molecule has 1 amide bonds. The van der Waals surface area contributed by atoms with E-state index < -0.39 is 16.1 Å². The lowest BCUT2D eigenvalue weighted by atomic mass is 10.2. The van der Waals surface area contributed by atoms with Gasteiger partial charge in [0.2, 0.25) is 15.9 Å². The van der Waals surface area contributed by atoms with E-state index in [1.807, 2.05) is 6.92 Å². The zero-order chi connectivity index (χ0) is 18.0. The number of carbonyl (C=O) groups excluding carboxylic acids is 1. The molecule has 1 saturated heterocycles. The van der Waals surface area contributed by atoms with Crippen LogP contribution in [0.2, 0.25) is 0 Å². The highest BCUT2D eigenvalue weighted by Crippen LogP contribution is 2.27. The molecule has 0 spiro atoms. The molecule has 25 heavy (non-hydrogen) atoms. The first kappa shape index (κ1) is 18.4. The van der Waals surface area contributed by atoms with Gasteiger partial charge in [-0.25, -0.2) is 8.42 Å². The van der Waals surface area contributed by atoms with Gasteiger partial charge in [-0.05, 0) is 51.8 Å². The Morgan fingerprint density at radius 2 is 1.92 bits per heavy atom.